The quantitative estimate of drug-likeness (QED) is 0.842. The summed E-state index contributed by atoms with van der Waals surface area (Å²) in [5.74, 6) is -0.0907. The average Bonchev–Trinajstić information content (AvgIpc) is 2.28. The predicted octanol–water partition coefficient (Wildman–Crippen LogP) is 1.63. The van der Waals surface area contributed by atoms with Gasteiger partial charge in [0.25, 0.3) is 0 Å². The number of hydrogen-bond donors (Lipinski definition) is 1. The molecule has 0 saturated carbocycles. The molecule has 0 aliphatic rings. The highest BCUT2D eigenvalue weighted by Crippen LogP contribution is 2.32. The van der Waals surface area contributed by atoms with E-state index >= 15 is 0 Å². The Kier molecular flexibility index (Phi) is 3.42. The molecule has 1 aromatic carbocycles. The number of phenolic OH excluding ortho intramolecular Hbond substituents is 1. The number of phenols is 1. The van der Waals surface area contributed by atoms with E-state index in [0.717, 1.165) is 0 Å². The van der Waals surface area contributed by atoms with Gasteiger partial charge < -0.3 is 10.0 Å². The van der Waals surface area contributed by atoms with Gasteiger partial charge in [-0.05, 0) is 32.0 Å². The number of nitrogens with zero attached hydrogens (tertiary/aromatic N) is 2. The number of nitriles is 1. The van der Waals surface area contributed by atoms with Gasteiger partial charge in [-0.1, -0.05) is 0 Å². The van der Waals surface area contributed by atoms with Crippen molar-refractivity contribution in [3.63, 3.8) is 0 Å². The van der Waals surface area contributed by atoms with Crippen LogP contribution in [0.25, 0.3) is 0 Å². The number of aromatic hydroxyl groups is 1. The van der Waals surface area contributed by atoms with Gasteiger partial charge in [0.15, 0.2) is 0 Å². The number of hydrogen-bond acceptors (Lipinski definition) is 3. The lowest BCUT2D eigenvalue weighted by Crippen LogP contribution is -2.39. The molecule has 0 fully saturated rings. The van der Waals surface area contributed by atoms with Crippen molar-refractivity contribution in [1.82, 2.24) is 4.90 Å². The number of amides is 1. The highest BCUT2D eigenvalue weighted by Gasteiger charge is 2.33. The maximum Gasteiger partial charge on any atom is 0.232 e. The lowest BCUT2D eigenvalue weighted by molar-refractivity contribution is -0.133. The summed E-state index contributed by atoms with van der Waals surface area (Å²) in [7, 11) is 3.32. The van der Waals surface area contributed by atoms with E-state index in [1.54, 1.807) is 34.0 Å². The Morgan fingerprint density at radius 3 is 2.47 bits per heavy atom. The second-order valence-corrected chi connectivity index (χ2v) is 4.67. The normalized spacial score (nSPS) is 10.8. The fraction of sp³-hybridized carbons (Fsp3) is 0.385. The Hall–Kier alpha value is -2.02. The fourth-order valence-corrected chi connectivity index (χ4v) is 1.78. The van der Waals surface area contributed by atoms with E-state index in [4.69, 9.17) is 5.26 Å². The summed E-state index contributed by atoms with van der Waals surface area (Å²) in [6.07, 6.45) is 0. The third-order valence-corrected chi connectivity index (χ3v) is 2.74. The molecule has 4 heteroatoms. The van der Waals surface area contributed by atoms with Crippen molar-refractivity contribution in [3.05, 3.63) is 29.3 Å². The fourth-order valence-electron chi connectivity index (χ4n) is 1.78. The van der Waals surface area contributed by atoms with Gasteiger partial charge in [0.1, 0.15) is 5.75 Å². The number of likely N-dealkylation sites (N-methyl/N-ethyl adjacent to an activating group) is 1. The van der Waals surface area contributed by atoms with Crippen LogP contribution in [0.4, 0.5) is 0 Å². The highest BCUT2D eigenvalue weighted by atomic mass is 16.3. The number of carbonyl (C=O) groups is 1. The first kappa shape index (κ1) is 13.0. The molecule has 0 spiro atoms. The first-order chi connectivity index (χ1) is 7.80. The van der Waals surface area contributed by atoms with Gasteiger partial charge >= 0.3 is 0 Å². The summed E-state index contributed by atoms with van der Waals surface area (Å²) in [5, 5.41) is 18.7. The largest absolute Gasteiger partial charge is 0.508 e. The Balaban J connectivity index is 3.33. The van der Waals surface area contributed by atoms with Gasteiger partial charge in [-0.2, -0.15) is 5.26 Å². The number of carbonyl (C=O) groups excluding carboxylic acids is 1. The van der Waals surface area contributed by atoms with Crippen molar-refractivity contribution in [3.8, 4) is 11.8 Å². The summed E-state index contributed by atoms with van der Waals surface area (Å²) in [6, 6.07) is 6.52. The standard InChI is InChI=1S/C13H16N2O2/c1-13(2,12(17)15(3)4)10-7-9(8-14)5-6-11(10)16/h5-7,16H,1-4H3. The molecule has 4 nitrogen and oxygen atoms in total. The first-order valence-electron chi connectivity index (χ1n) is 5.26. The van der Waals surface area contributed by atoms with E-state index in [0.29, 0.717) is 11.1 Å². The van der Waals surface area contributed by atoms with Crippen LogP contribution in [0.15, 0.2) is 18.2 Å². The maximum atomic E-state index is 12.0. The van der Waals surface area contributed by atoms with Crippen LogP contribution in [0.3, 0.4) is 0 Å². The lowest BCUT2D eigenvalue weighted by Gasteiger charge is -2.28. The topological polar surface area (TPSA) is 64.3 Å². The molecule has 0 radical (unpaired) electrons. The van der Waals surface area contributed by atoms with Crippen LogP contribution in [0.1, 0.15) is 25.0 Å². The van der Waals surface area contributed by atoms with Gasteiger partial charge in [-0.3, -0.25) is 4.79 Å². The van der Waals surface area contributed by atoms with E-state index < -0.39 is 5.41 Å². The van der Waals surface area contributed by atoms with Crippen molar-refractivity contribution in [2.45, 2.75) is 19.3 Å². The van der Waals surface area contributed by atoms with Crippen molar-refractivity contribution in [1.29, 1.82) is 5.26 Å². The first-order valence-corrected chi connectivity index (χ1v) is 5.26. The van der Waals surface area contributed by atoms with Gasteiger partial charge in [0.05, 0.1) is 17.0 Å². The molecule has 1 rings (SSSR count). The van der Waals surface area contributed by atoms with Crippen molar-refractivity contribution < 1.29 is 9.90 Å². The van der Waals surface area contributed by atoms with Gasteiger partial charge in [0.2, 0.25) is 5.91 Å². The van der Waals surface area contributed by atoms with E-state index in [9.17, 15) is 9.90 Å². The van der Waals surface area contributed by atoms with Crippen molar-refractivity contribution in [2.75, 3.05) is 14.1 Å². The minimum Gasteiger partial charge on any atom is -0.508 e. The molecule has 1 N–H and O–H groups in total. The minimum atomic E-state index is -0.861. The molecule has 0 atom stereocenters. The Morgan fingerprint density at radius 1 is 1.41 bits per heavy atom. The third-order valence-electron chi connectivity index (χ3n) is 2.74. The summed E-state index contributed by atoms with van der Waals surface area (Å²) >= 11 is 0. The molecule has 0 heterocycles. The third kappa shape index (κ3) is 2.39. The van der Waals surface area contributed by atoms with E-state index in [2.05, 4.69) is 0 Å². The second-order valence-electron chi connectivity index (χ2n) is 4.67. The molecule has 0 saturated heterocycles. The van der Waals surface area contributed by atoms with Crippen LogP contribution < -0.4 is 0 Å². The molecule has 0 bridgehead atoms. The monoisotopic (exact) mass is 232 g/mol. The summed E-state index contributed by atoms with van der Waals surface area (Å²) in [5.41, 5.74) is 0.0353. The minimum absolute atomic E-state index is 0.0317. The zero-order valence-electron chi connectivity index (χ0n) is 10.5. The number of benzene rings is 1. The van der Waals surface area contributed by atoms with Crippen LogP contribution in [0.2, 0.25) is 0 Å². The van der Waals surface area contributed by atoms with Gasteiger partial charge in [-0.15, -0.1) is 0 Å². The molecule has 0 aliphatic carbocycles. The predicted molar refractivity (Wildman–Crippen MR) is 64.5 cm³/mol. The number of rotatable bonds is 2. The Bertz CT molecular complexity index is 485. The zero-order chi connectivity index (χ0) is 13.2. The lowest BCUT2D eigenvalue weighted by atomic mass is 9.82. The van der Waals surface area contributed by atoms with Crippen molar-refractivity contribution in [2.24, 2.45) is 0 Å². The SMILES string of the molecule is CN(C)C(=O)C(C)(C)c1cc(C#N)ccc1O. The van der Waals surface area contributed by atoms with Crippen LogP contribution in [-0.4, -0.2) is 30.0 Å². The van der Waals surface area contributed by atoms with Crippen molar-refractivity contribution >= 4 is 5.91 Å². The molecule has 90 valence electrons. The maximum absolute atomic E-state index is 12.0. The molecule has 0 aliphatic heterocycles. The van der Waals surface area contributed by atoms with E-state index in [-0.39, 0.29) is 11.7 Å². The Labute approximate surface area is 101 Å². The molecular formula is C13H16N2O2. The molecule has 17 heavy (non-hydrogen) atoms. The molecule has 0 unspecified atom stereocenters. The van der Waals surface area contributed by atoms with Crippen LogP contribution in [-0.2, 0) is 10.2 Å². The van der Waals surface area contributed by atoms with Crippen LogP contribution >= 0.6 is 0 Å². The van der Waals surface area contributed by atoms with E-state index in [1.807, 2.05) is 6.07 Å². The summed E-state index contributed by atoms with van der Waals surface area (Å²) in [4.78, 5) is 13.5. The average molecular weight is 232 g/mol. The zero-order valence-corrected chi connectivity index (χ0v) is 10.5. The second kappa shape index (κ2) is 4.46. The molecule has 0 aromatic heterocycles. The van der Waals surface area contributed by atoms with Gasteiger partial charge in [-0.25, -0.2) is 0 Å². The van der Waals surface area contributed by atoms with Crippen LogP contribution in [0.5, 0.6) is 5.75 Å². The van der Waals surface area contributed by atoms with Gasteiger partial charge in [0, 0.05) is 19.7 Å². The highest BCUT2D eigenvalue weighted by molar-refractivity contribution is 5.87. The summed E-state index contributed by atoms with van der Waals surface area (Å²) in [6.45, 7) is 3.46. The van der Waals surface area contributed by atoms with E-state index in [1.165, 1.54) is 17.0 Å². The molecular weight excluding hydrogens is 216 g/mol. The summed E-state index contributed by atoms with van der Waals surface area (Å²) < 4.78 is 0. The Morgan fingerprint density at radius 2 is 2.00 bits per heavy atom. The smallest absolute Gasteiger partial charge is 0.232 e. The van der Waals surface area contributed by atoms with Crippen LogP contribution in [0, 0.1) is 11.3 Å². The molecule has 1 amide bonds. The molecule has 1 aromatic rings.